The molecule has 0 saturated carbocycles. The average Bonchev–Trinajstić information content (AvgIpc) is 2.63. The molecular weight excluding hydrogens is 420 g/mol. The number of alkyl halides is 3. The number of ether oxygens (including phenoxy) is 1. The number of carbonyl (C=O) groups is 1. The van der Waals surface area contributed by atoms with Crippen molar-refractivity contribution in [3.63, 3.8) is 0 Å². The number of aromatic nitrogens is 2. The summed E-state index contributed by atoms with van der Waals surface area (Å²) in [5.74, 6) is -2.12. The molecule has 0 spiro atoms. The molecule has 1 aromatic heterocycles. The Bertz CT molecular complexity index is 1120. The summed E-state index contributed by atoms with van der Waals surface area (Å²) >= 11 is 0. The minimum absolute atomic E-state index is 0.0344. The van der Waals surface area contributed by atoms with E-state index in [1.807, 2.05) is 0 Å². The minimum atomic E-state index is -5.03. The molecular formula is C16H14F4N4O6. The third-order valence-electron chi connectivity index (χ3n) is 3.84. The zero-order chi connectivity index (χ0) is 22.8. The van der Waals surface area contributed by atoms with Crippen molar-refractivity contribution < 1.29 is 32.0 Å². The van der Waals surface area contributed by atoms with Crippen molar-refractivity contribution in [1.29, 1.82) is 0 Å². The molecule has 0 radical (unpaired) electrons. The average molecular weight is 434 g/mol. The van der Waals surface area contributed by atoms with Gasteiger partial charge in [0.1, 0.15) is 23.7 Å². The third kappa shape index (κ3) is 4.47. The number of carbonyl (C=O) groups excluding carboxylic acids is 1. The van der Waals surface area contributed by atoms with Gasteiger partial charge in [0.2, 0.25) is 0 Å². The van der Waals surface area contributed by atoms with Crippen molar-refractivity contribution in [1.82, 2.24) is 9.13 Å². The normalized spacial score (nSPS) is 11.3. The van der Waals surface area contributed by atoms with E-state index in [0.29, 0.717) is 19.2 Å². The molecule has 0 saturated heterocycles. The van der Waals surface area contributed by atoms with E-state index < -0.39 is 63.4 Å². The summed E-state index contributed by atoms with van der Waals surface area (Å²) in [6, 6.07) is 1.11. The summed E-state index contributed by atoms with van der Waals surface area (Å²) in [5, 5.41) is 13.6. The van der Waals surface area contributed by atoms with Crippen LogP contribution in [-0.2, 0) is 22.8 Å². The van der Waals surface area contributed by atoms with E-state index in [9.17, 15) is 42.1 Å². The van der Waals surface area contributed by atoms with Crippen LogP contribution < -0.4 is 16.6 Å². The number of hydrogen-bond acceptors (Lipinski definition) is 7. The van der Waals surface area contributed by atoms with Crippen LogP contribution in [0.15, 0.2) is 27.8 Å². The summed E-state index contributed by atoms with van der Waals surface area (Å²) in [6.45, 7) is 1.02. The molecule has 0 atom stereocenters. The highest BCUT2D eigenvalue weighted by Gasteiger charge is 2.35. The molecule has 0 unspecified atom stereocenters. The molecule has 2 aromatic rings. The molecule has 0 amide bonds. The fourth-order valence-corrected chi connectivity index (χ4v) is 2.51. The lowest BCUT2D eigenvalue weighted by atomic mass is 10.2. The van der Waals surface area contributed by atoms with Crippen LogP contribution in [0.4, 0.5) is 28.9 Å². The predicted octanol–water partition coefficient (Wildman–Crippen LogP) is 1.58. The minimum Gasteiger partial charge on any atom is -0.465 e. The lowest BCUT2D eigenvalue weighted by Crippen LogP contribution is -2.41. The molecule has 1 N–H and O–H groups in total. The van der Waals surface area contributed by atoms with Crippen LogP contribution in [-0.4, -0.2) is 33.2 Å². The maximum Gasteiger partial charge on any atom is 0.431 e. The van der Waals surface area contributed by atoms with Crippen LogP contribution in [0.25, 0.3) is 5.69 Å². The molecule has 2 rings (SSSR count). The van der Waals surface area contributed by atoms with Gasteiger partial charge in [-0.25, -0.2) is 13.8 Å². The Morgan fingerprint density at radius 2 is 1.90 bits per heavy atom. The number of anilines is 1. The molecule has 0 fully saturated rings. The van der Waals surface area contributed by atoms with Gasteiger partial charge in [0, 0.05) is 25.2 Å². The van der Waals surface area contributed by atoms with Crippen molar-refractivity contribution in [2.24, 2.45) is 7.05 Å². The van der Waals surface area contributed by atoms with Gasteiger partial charge in [0.25, 0.3) is 11.2 Å². The maximum absolute atomic E-state index is 14.6. The third-order valence-corrected chi connectivity index (χ3v) is 3.84. The highest BCUT2D eigenvalue weighted by Crippen LogP contribution is 2.30. The first kappa shape index (κ1) is 22.6. The zero-order valence-electron chi connectivity index (χ0n) is 15.4. The standard InChI is InChI=1S/C16H14F4N4O6/c1-3-30-14(26)7-21-9-4-8(17)10(5-11(9)24(28)29)23-13(25)6-12(16(18,19)20)22(2)15(23)27/h4-6,21H,3,7H2,1-2H3. The van der Waals surface area contributed by atoms with Crippen LogP contribution >= 0.6 is 0 Å². The van der Waals surface area contributed by atoms with Crippen molar-refractivity contribution in [3.05, 3.63) is 60.7 Å². The van der Waals surface area contributed by atoms with E-state index in [0.717, 1.165) is 0 Å². The number of benzene rings is 1. The van der Waals surface area contributed by atoms with Gasteiger partial charge in [-0.15, -0.1) is 0 Å². The molecule has 0 aliphatic rings. The number of hydrogen-bond donors (Lipinski definition) is 1. The number of nitrogens with zero attached hydrogens (tertiary/aromatic N) is 3. The highest BCUT2D eigenvalue weighted by atomic mass is 19.4. The van der Waals surface area contributed by atoms with Crippen LogP contribution in [0.2, 0.25) is 0 Å². The Balaban J connectivity index is 2.64. The number of nitro benzene ring substituents is 1. The molecule has 10 nitrogen and oxygen atoms in total. The number of halogens is 4. The second-order valence-corrected chi connectivity index (χ2v) is 5.78. The summed E-state index contributed by atoms with van der Waals surface area (Å²) in [4.78, 5) is 46.1. The van der Waals surface area contributed by atoms with E-state index in [-0.39, 0.29) is 21.8 Å². The van der Waals surface area contributed by atoms with Crippen molar-refractivity contribution in [3.8, 4) is 5.69 Å². The highest BCUT2D eigenvalue weighted by molar-refractivity contribution is 5.77. The monoisotopic (exact) mass is 434 g/mol. The molecule has 30 heavy (non-hydrogen) atoms. The van der Waals surface area contributed by atoms with Gasteiger partial charge in [-0.2, -0.15) is 13.2 Å². The van der Waals surface area contributed by atoms with Gasteiger partial charge in [-0.1, -0.05) is 0 Å². The number of rotatable bonds is 6. The summed E-state index contributed by atoms with van der Waals surface area (Å²) in [6.07, 6.45) is -5.03. The zero-order valence-corrected chi connectivity index (χ0v) is 15.4. The second kappa shape index (κ2) is 8.34. The summed E-state index contributed by atoms with van der Waals surface area (Å²) in [5.41, 5.74) is -6.89. The predicted molar refractivity (Wildman–Crippen MR) is 94.0 cm³/mol. The quantitative estimate of drug-likeness (QED) is 0.317. The summed E-state index contributed by atoms with van der Waals surface area (Å²) < 4.78 is 58.1. The SMILES string of the molecule is CCOC(=O)CNc1cc(F)c(-n2c(=O)cc(C(F)(F)F)n(C)c2=O)cc1[N+](=O)[O-]. The first-order chi connectivity index (χ1) is 13.9. The summed E-state index contributed by atoms with van der Waals surface area (Å²) in [7, 11) is 0.711. The van der Waals surface area contributed by atoms with Gasteiger partial charge in [0.05, 0.1) is 17.2 Å². The van der Waals surface area contributed by atoms with Gasteiger partial charge >= 0.3 is 17.8 Å². The van der Waals surface area contributed by atoms with Crippen LogP contribution in [0.3, 0.4) is 0 Å². The van der Waals surface area contributed by atoms with Gasteiger partial charge in [-0.05, 0) is 6.92 Å². The van der Waals surface area contributed by atoms with E-state index in [1.54, 1.807) is 0 Å². The maximum atomic E-state index is 14.6. The van der Waals surface area contributed by atoms with Gasteiger partial charge < -0.3 is 10.1 Å². The van der Waals surface area contributed by atoms with Crippen molar-refractivity contribution >= 4 is 17.3 Å². The fraction of sp³-hybridized carbons (Fsp3) is 0.312. The van der Waals surface area contributed by atoms with Gasteiger partial charge in [0.15, 0.2) is 0 Å². The molecule has 0 bridgehead atoms. The Morgan fingerprint density at radius 1 is 1.27 bits per heavy atom. The van der Waals surface area contributed by atoms with Crippen LogP contribution in [0.5, 0.6) is 0 Å². The fourth-order valence-electron chi connectivity index (χ4n) is 2.51. The van der Waals surface area contributed by atoms with Crippen molar-refractivity contribution in [2.75, 3.05) is 18.5 Å². The molecule has 0 aliphatic carbocycles. The smallest absolute Gasteiger partial charge is 0.431 e. The molecule has 1 heterocycles. The Morgan fingerprint density at radius 3 is 2.43 bits per heavy atom. The first-order valence-corrected chi connectivity index (χ1v) is 8.16. The molecule has 1 aromatic carbocycles. The van der Waals surface area contributed by atoms with E-state index in [2.05, 4.69) is 10.1 Å². The van der Waals surface area contributed by atoms with E-state index in [1.165, 1.54) is 6.92 Å². The molecule has 0 aliphatic heterocycles. The lowest BCUT2D eigenvalue weighted by molar-refractivity contribution is -0.384. The molecule has 14 heteroatoms. The van der Waals surface area contributed by atoms with E-state index >= 15 is 0 Å². The van der Waals surface area contributed by atoms with Gasteiger partial charge in [-0.3, -0.25) is 24.3 Å². The topological polar surface area (TPSA) is 125 Å². The molecule has 162 valence electrons. The lowest BCUT2D eigenvalue weighted by Gasteiger charge is -2.15. The number of nitrogens with one attached hydrogen (secondary N) is 1. The first-order valence-electron chi connectivity index (χ1n) is 8.16. The van der Waals surface area contributed by atoms with Crippen molar-refractivity contribution in [2.45, 2.75) is 13.1 Å². The van der Waals surface area contributed by atoms with Crippen LogP contribution in [0, 0.1) is 15.9 Å². The number of esters is 1. The van der Waals surface area contributed by atoms with Crippen LogP contribution in [0.1, 0.15) is 12.6 Å². The Hall–Kier alpha value is -3.71. The van der Waals surface area contributed by atoms with E-state index in [4.69, 9.17) is 0 Å². The Kier molecular flexibility index (Phi) is 6.28. The largest absolute Gasteiger partial charge is 0.465 e. The second-order valence-electron chi connectivity index (χ2n) is 5.78. The Labute approximate surface area is 164 Å². The number of nitro groups is 1.